The van der Waals surface area contributed by atoms with E-state index >= 15 is 0 Å². The SMILES string of the molecule is COc1ccc(C(=O)COC(=O)c2cc(C)nc3onc(C)c23)c(OC)c1. The predicted molar refractivity (Wildman–Crippen MR) is 95.4 cm³/mol. The van der Waals surface area contributed by atoms with Crippen molar-refractivity contribution < 1.29 is 28.3 Å². The smallest absolute Gasteiger partial charge is 0.339 e. The number of carbonyl (C=O) groups excluding carboxylic acids is 2. The van der Waals surface area contributed by atoms with Gasteiger partial charge in [-0.1, -0.05) is 5.16 Å². The zero-order chi connectivity index (χ0) is 19.6. The van der Waals surface area contributed by atoms with Gasteiger partial charge in [-0.2, -0.15) is 0 Å². The number of Topliss-reactive ketones (excluding diaryl/α,β-unsaturated/α-hetero) is 1. The van der Waals surface area contributed by atoms with Crippen molar-refractivity contribution in [2.24, 2.45) is 0 Å². The molecule has 0 atom stereocenters. The molecule has 0 aliphatic carbocycles. The van der Waals surface area contributed by atoms with Crippen LogP contribution in [-0.2, 0) is 4.74 Å². The average molecular weight is 370 g/mol. The van der Waals surface area contributed by atoms with Crippen LogP contribution in [0.3, 0.4) is 0 Å². The molecule has 0 bridgehead atoms. The van der Waals surface area contributed by atoms with E-state index in [4.69, 9.17) is 18.7 Å². The molecule has 2 aromatic heterocycles. The minimum Gasteiger partial charge on any atom is -0.497 e. The third kappa shape index (κ3) is 3.59. The number of nitrogens with zero attached hydrogens (tertiary/aromatic N) is 2. The molecule has 140 valence electrons. The van der Waals surface area contributed by atoms with E-state index < -0.39 is 18.4 Å². The Morgan fingerprint density at radius 3 is 2.56 bits per heavy atom. The summed E-state index contributed by atoms with van der Waals surface area (Å²) >= 11 is 0. The van der Waals surface area contributed by atoms with Crippen LogP contribution in [0.4, 0.5) is 0 Å². The molecule has 0 spiro atoms. The van der Waals surface area contributed by atoms with Gasteiger partial charge < -0.3 is 18.7 Å². The Kier molecular flexibility index (Phi) is 5.07. The lowest BCUT2D eigenvalue weighted by Crippen LogP contribution is -2.15. The summed E-state index contributed by atoms with van der Waals surface area (Å²) in [5.74, 6) is -0.157. The van der Waals surface area contributed by atoms with Crippen molar-refractivity contribution in [3.05, 3.63) is 46.8 Å². The summed E-state index contributed by atoms with van der Waals surface area (Å²) in [5, 5.41) is 4.29. The number of aromatic nitrogens is 2. The van der Waals surface area contributed by atoms with Crippen LogP contribution in [0.15, 0.2) is 28.8 Å². The molecule has 0 amide bonds. The maximum Gasteiger partial charge on any atom is 0.339 e. The van der Waals surface area contributed by atoms with Crippen LogP contribution in [0.25, 0.3) is 11.1 Å². The fourth-order valence-electron chi connectivity index (χ4n) is 2.69. The monoisotopic (exact) mass is 370 g/mol. The Balaban J connectivity index is 1.80. The molecule has 27 heavy (non-hydrogen) atoms. The van der Waals surface area contributed by atoms with E-state index in [-0.39, 0.29) is 11.3 Å². The average Bonchev–Trinajstić information content (AvgIpc) is 3.05. The van der Waals surface area contributed by atoms with Crippen molar-refractivity contribution in [2.75, 3.05) is 20.8 Å². The molecule has 1 aromatic carbocycles. The second-order valence-corrected chi connectivity index (χ2v) is 5.82. The molecule has 0 saturated carbocycles. The number of ether oxygens (including phenoxy) is 3. The topological polar surface area (TPSA) is 101 Å². The van der Waals surface area contributed by atoms with Crippen molar-refractivity contribution in [3.63, 3.8) is 0 Å². The second-order valence-electron chi connectivity index (χ2n) is 5.82. The Morgan fingerprint density at radius 2 is 1.85 bits per heavy atom. The van der Waals surface area contributed by atoms with Gasteiger partial charge in [0, 0.05) is 11.8 Å². The second kappa shape index (κ2) is 7.45. The van der Waals surface area contributed by atoms with Gasteiger partial charge in [0.2, 0.25) is 5.78 Å². The first-order valence-electron chi connectivity index (χ1n) is 8.10. The third-order valence-corrected chi connectivity index (χ3v) is 4.01. The number of benzene rings is 1. The molecule has 2 heterocycles. The quantitative estimate of drug-likeness (QED) is 0.482. The van der Waals surface area contributed by atoms with E-state index in [1.165, 1.54) is 14.2 Å². The van der Waals surface area contributed by atoms with Gasteiger partial charge in [0.25, 0.3) is 5.71 Å². The van der Waals surface area contributed by atoms with Crippen LogP contribution >= 0.6 is 0 Å². The zero-order valence-electron chi connectivity index (χ0n) is 15.4. The summed E-state index contributed by atoms with van der Waals surface area (Å²) in [6.45, 7) is 2.99. The van der Waals surface area contributed by atoms with E-state index in [0.29, 0.717) is 33.8 Å². The summed E-state index contributed by atoms with van der Waals surface area (Å²) in [5.41, 5.74) is 1.90. The summed E-state index contributed by atoms with van der Waals surface area (Å²) < 4.78 is 20.6. The standard InChI is InChI=1S/C19H18N2O6/c1-10-7-14(17-11(2)21-27-18(17)20-10)19(23)26-9-15(22)13-6-5-12(24-3)8-16(13)25-4/h5-8H,9H2,1-4H3. The van der Waals surface area contributed by atoms with Gasteiger partial charge in [-0.25, -0.2) is 9.78 Å². The number of esters is 1. The number of hydrogen-bond acceptors (Lipinski definition) is 8. The fraction of sp³-hybridized carbons (Fsp3) is 0.263. The van der Waals surface area contributed by atoms with Gasteiger partial charge >= 0.3 is 5.97 Å². The van der Waals surface area contributed by atoms with Crippen LogP contribution < -0.4 is 9.47 Å². The van der Waals surface area contributed by atoms with E-state index in [1.807, 2.05) is 0 Å². The summed E-state index contributed by atoms with van der Waals surface area (Å²) in [7, 11) is 2.96. The summed E-state index contributed by atoms with van der Waals surface area (Å²) in [6.07, 6.45) is 0. The molecule has 0 fully saturated rings. The highest BCUT2D eigenvalue weighted by Crippen LogP contribution is 2.26. The van der Waals surface area contributed by atoms with Crippen LogP contribution in [0.1, 0.15) is 32.1 Å². The molecule has 0 unspecified atom stereocenters. The van der Waals surface area contributed by atoms with Crippen LogP contribution in [0.2, 0.25) is 0 Å². The molecular weight excluding hydrogens is 352 g/mol. The number of methoxy groups -OCH3 is 2. The largest absolute Gasteiger partial charge is 0.497 e. The lowest BCUT2D eigenvalue weighted by Gasteiger charge is -2.10. The number of pyridine rings is 1. The van der Waals surface area contributed by atoms with Gasteiger partial charge in [0.15, 0.2) is 6.61 Å². The minimum absolute atomic E-state index is 0.252. The Labute approximate surface area is 155 Å². The highest BCUT2D eigenvalue weighted by atomic mass is 16.5. The fourth-order valence-corrected chi connectivity index (χ4v) is 2.69. The minimum atomic E-state index is -0.655. The Hall–Kier alpha value is -3.42. The van der Waals surface area contributed by atoms with Crippen molar-refractivity contribution in [2.45, 2.75) is 13.8 Å². The van der Waals surface area contributed by atoms with E-state index in [2.05, 4.69) is 10.1 Å². The van der Waals surface area contributed by atoms with Crippen LogP contribution in [0.5, 0.6) is 11.5 Å². The van der Waals surface area contributed by atoms with Crippen molar-refractivity contribution >= 4 is 22.9 Å². The van der Waals surface area contributed by atoms with Crippen LogP contribution in [0, 0.1) is 13.8 Å². The number of rotatable bonds is 6. The molecule has 3 aromatic rings. The van der Waals surface area contributed by atoms with E-state index in [1.54, 1.807) is 38.1 Å². The first-order chi connectivity index (χ1) is 12.9. The van der Waals surface area contributed by atoms with Crippen molar-refractivity contribution in [1.82, 2.24) is 10.1 Å². The first-order valence-corrected chi connectivity index (χ1v) is 8.10. The highest BCUT2D eigenvalue weighted by molar-refractivity contribution is 6.05. The molecule has 0 N–H and O–H groups in total. The van der Waals surface area contributed by atoms with Gasteiger partial charge in [-0.15, -0.1) is 0 Å². The van der Waals surface area contributed by atoms with Crippen molar-refractivity contribution in [3.8, 4) is 11.5 Å². The normalized spacial score (nSPS) is 10.7. The Bertz CT molecular complexity index is 1020. The van der Waals surface area contributed by atoms with Gasteiger partial charge in [0.05, 0.1) is 36.4 Å². The molecular formula is C19H18N2O6. The molecule has 0 aliphatic rings. The number of aryl methyl sites for hydroxylation is 2. The summed E-state index contributed by atoms with van der Waals surface area (Å²) in [4.78, 5) is 29.2. The Morgan fingerprint density at radius 1 is 1.07 bits per heavy atom. The molecule has 0 radical (unpaired) electrons. The molecule has 0 saturated heterocycles. The lowest BCUT2D eigenvalue weighted by molar-refractivity contribution is 0.0475. The number of fused-ring (bicyclic) bond motifs is 1. The summed E-state index contributed by atoms with van der Waals surface area (Å²) in [6, 6.07) is 6.36. The number of ketones is 1. The molecule has 3 rings (SSSR count). The maximum atomic E-state index is 12.5. The van der Waals surface area contributed by atoms with Gasteiger partial charge in [0.1, 0.15) is 11.5 Å². The molecule has 8 nitrogen and oxygen atoms in total. The first kappa shape index (κ1) is 18.4. The lowest BCUT2D eigenvalue weighted by atomic mass is 10.1. The maximum absolute atomic E-state index is 12.5. The zero-order valence-corrected chi connectivity index (χ0v) is 15.4. The number of carbonyl (C=O) groups is 2. The van der Waals surface area contributed by atoms with E-state index in [9.17, 15) is 9.59 Å². The molecule has 0 aliphatic heterocycles. The third-order valence-electron chi connectivity index (χ3n) is 4.01. The number of hydrogen-bond donors (Lipinski definition) is 0. The van der Waals surface area contributed by atoms with Gasteiger partial charge in [-0.05, 0) is 32.0 Å². The molecule has 8 heteroatoms. The van der Waals surface area contributed by atoms with Crippen LogP contribution in [-0.4, -0.2) is 42.7 Å². The predicted octanol–water partition coefficient (Wildman–Crippen LogP) is 2.90. The highest BCUT2D eigenvalue weighted by Gasteiger charge is 2.21. The van der Waals surface area contributed by atoms with Gasteiger partial charge in [-0.3, -0.25) is 4.79 Å². The van der Waals surface area contributed by atoms with E-state index in [0.717, 1.165) is 0 Å². The van der Waals surface area contributed by atoms with Crippen molar-refractivity contribution in [1.29, 1.82) is 0 Å².